The van der Waals surface area contributed by atoms with E-state index >= 15 is 0 Å². The quantitative estimate of drug-likeness (QED) is 0.595. The van der Waals surface area contributed by atoms with Crippen LogP contribution in [0.3, 0.4) is 0 Å². The molecule has 0 aromatic rings. The maximum Gasteiger partial charge on any atom is -0.0156 e. The van der Waals surface area contributed by atoms with E-state index in [1.807, 2.05) is 0 Å². The van der Waals surface area contributed by atoms with E-state index in [-0.39, 0.29) is 0 Å². The Morgan fingerprint density at radius 2 is 2.00 bits per heavy atom. The maximum absolute atomic E-state index is 2.41. The second kappa shape index (κ2) is 4.30. The average Bonchev–Trinajstić information content (AvgIpc) is 2.02. The van der Waals surface area contributed by atoms with Gasteiger partial charge in [-0.25, -0.2) is 0 Å². The van der Waals surface area contributed by atoms with Crippen molar-refractivity contribution in [2.24, 2.45) is 17.3 Å². The number of rotatable bonds is 2. The minimum Gasteiger partial charge on any atom is -0.0848 e. The summed E-state index contributed by atoms with van der Waals surface area (Å²) in [5.41, 5.74) is 0.511. The molecule has 1 saturated carbocycles. The van der Waals surface area contributed by atoms with Gasteiger partial charge in [-0.05, 0) is 30.1 Å². The van der Waals surface area contributed by atoms with Gasteiger partial charge in [0.25, 0.3) is 0 Å². The molecule has 75 valence electrons. The zero-order valence-electron chi connectivity index (χ0n) is 9.51. The maximum atomic E-state index is 2.41. The van der Waals surface area contributed by atoms with Crippen LogP contribution < -0.4 is 0 Å². The van der Waals surface area contributed by atoms with Gasteiger partial charge in [-0.15, -0.1) is 0 Å². The van der Waals surface area contributed by atoms with Crippen LogP contribution in [0.15, 0.2) is 12.2 Å². The zero-order valence-corrected chi connectivity index (χ0v) is 9.51. The van der Waals surface area contributed by atoms with Gasteiger partial charge in [0, 0.05) is 0 Å². The number of hydrogen-bond acceptors (Lipinski definition) is 0. The van der Waals surface area contributed by atoms with Crippen molar-refractivity contribution in [1.82, 2.24) is 0 Å². The lowest BCUT2D eigenvalue weighted by Crippen LogP contribution is -2.32. The van der Waals surface area contributed by atoms with Crippen molar-refractivity contribution < 1.29 is 0 Å². The summed E-state index contributed by atoms with van der Waals surface area (Å²) in [5, 5.41) is 0. The molecule has 0 aliphatic heterocycles. The third-order valence-corrected chi connectivity index (χ3v) is 3.51. The highest BCUT2D eigenvalue weighted by molar-refractivity contribution is 5.03. The Balaban J connectivity index is 2.68. The van der Waals surface area contributed by atoms with Gasteiger partial charge in [-0.3, -0.25) is 0 Å². The molecule has 0 heteroatoms. The topological polar surface area (TPSA) is 0 Å². The molecule has 1 aliphatic carbocycles. The third kappa shape index (κ3) is 2.59. The lowest BCUT2D eigenvalue weighted by Gasteiger charge is -2.41. The molecule has 0 saturated heterocycles. The van der Waals surface area contributed by atoms with Gasteiger partial charge in [0.05, 0.1) is 0 Å². The largest absolute Gasteiger partial charge is 0.0848 e. The first-order chi connectivity index (χ1) is 6.08. The van der Waals surface area contributed by atoms with Crippen LogP contribution in [0.25, 0.3) is 0 Å². The zero-order chi connectivity index (χ0) is 9.90. The SMILES string of the molecule is C[CH]C=CC1C(C)CCCC1(C)C. The molecule has 0 spiro atoms. The summed E-state index contributed by atoms with van der Waals surface area (Å²) in [6.45, 7) is 9.31. The van der Waals surface area contributed by atoms with Crippen molar-refractivity contribution in [3.05, 3.63) is 18.6 Å². The van der Waals surface area contributed by atoms with E-state index in [1.54, 1.807) is 0 Å². The molecule has 0 heterocycles. The van der Waals surface area contributed by atoms with Gasteiger partial charge in [0.1, 0.15) is 0 Å². The molecule has 2 unspecified atom stereocenters. The first-order valence-corrected chi connectivity index (χ1v) is 5.54. The summed E-state index contributed by atoms with van der Waals surface area (Å²) in [5.74, 6) is 1.64. The van der Waals surface area contributed by atoms with Crippen LogP contribution in [0, 0.1) is 23.7 Å². The summed E-state index contributed by atoms with van der Waals surface area (Å²) < 4.78 is 0. The smallest absolute Gasteiger partial charge is 0.0156 e. The lowest BCUT2D eigenvalue weighted by atomic mass is 9.64. The van der Waals surface area contributed by atoms with Crippen molar-refractivity contribution in [2.45, 2.75) is 47.0 Å². The summed E-state index contributed by atoms with van der Waals surface area (Å²) in [7, 11) is 0. The molecule has 0 N–H and O–H groups in total. The van der Waals surface area contributed by atoms with Crippen molar-refractivity contribution in [3.63, 3.8) is 0 Å². The fraction of sp³-hybridized carbons (Fsp3) is 0.769. The highest BCUT2D eigenvalue weighted by atomic mass is 14.4. The van der Waals surface area contributed by atoms with Gasteiger partial charge < -0.3 is 0 Å². The second-order valence-electron chi connectivity index (χ2n) is 5.10. The molecule has 0 nitrogen and oxygen atoms in total. The van der Waals surface area contributed by atoms with E-state index in [1.165, 1.54) is 19.3 Å². The standard InChI is InChI=1S/C13H23/c1-5-6-9-12-11(2)8-7-10-13(12,3)4/h5-6,9,11-12H,7-8,10H2,1-4H3. The number of allylic oxidation sites excluding steroid dienone is 2. The van der Waals surface area contributed by atoms with E-state index in [2.05, 4.69) is 46.3 Å². The van der Waals surface area contributed by atoms with Crippen LogP contribution in [-0.2, 0) is 0 Å². The van der Waals surface area contributed by atoms with E-state index in [4.69, 9.17) is 0 Å². The van der Waals surface area contributed by atoms with Crippen LogP contribution in [0.2, 0.25) is 0 Å². The Labute approximate surface area is 83.4 Å². The monoisotopic (exact) mass is 179 g/mol. The molecule has 1 aliphatic rings. The number of hydrogen-bond donors (Lipinski definition) is 0. The molecule has 1 rings (SSSR count). The average molecular weight is 179 g/mol. The molecular formula is C13H23. The van der Waals surface area contributed by atoms with E-state index in [0.29, 0.717) is 5.41 Å². The summed E-state index contributed by atoms with van der Waals surface area (Å²) in [4.78, 5) is 0. The van der Waals surface area contributed by atoms with Gasteiger partial charge in [0.15, 0.2) is 0 Å². The Kier molecular flexibility index (Phi) is 3.58. The third-order valence-electron chi connectivity index (χ3n) is 3.51. The Bertz CT molecular complexity index is 176. The fourth-order valence-electron chi connectivity index (χ4n) is 2.68. The summed E-state index contributed by atoms with van der Waals surface area (Å²) in [6.07, 6.45) is 11.0. The van der Waals surface area contributed by atoms with Crippen molar-refractivity contribution in [3.8, 4) is 0 Å². The van der Waals surface area contributed by atoms with Gasteiger partial charge in [0.2, 0.25) is 0 Å². The molecule has 0 aromatic heterocycles. The van der Waals surface area contributed by atoms with Crippen molar-refractivity contribution in [1.29, 1.82) is 0 Å². The van der Waals surface area contributed by atoms with Crippen LogP contribution >= 0.6 is 0 Å². The minimum atomic E-state index is 0.511. The van der Waals surface area contributed by atoms with E-state index < -0.39 is 0 Å². The Morgan fingerprint density at radius 3 is 2.54 bits per heavy atom. The van der Waals surface area contributed by atoms with Gasteiger partial charge >= 0.3 is 0 Å². The normalized spacial score (nSPS) is 33.8. The molecule has 1 fully saturated rings. The van der Waals surface area contributed by atoms with Gasteiger partial charge in [-0.1, -0.05) is 52.7 Å². The minimum absolute atomic E-state index is 0.511. The summed E-state index contributed by atoms with van der Waals surface area (Å²) >= 11 is 0. The molecular weight excluding hydrogens is 156 g/mol. The molecule has 1 radical (unpaired) electrons. The first-order valence-electron chi connectivity index (χ1n) is 5.54. The Morgan fingerprint density at radius 1 is 1.31 bits per heavy atom. The molecule has 2 atom stereocenters. The van der Waals surface area contributed by atoms with Crippen LogP contribution in [-0.4, -0.2) is 0 Å². The fourth-order valence-corrected chi connectivity index (χ4v) is 2.68. The molecule has 13 heavy (non-hydrogen) atoms. The predicted molar refractivity (Wildman–Crippen MR) is 59.4 cm³/mol. The second-order valence-corrected chi connectivity index (χ2v) is 5.10. The molecule has 0 aromatic carbocycles. The first kappa shape index (κ1) is 10.8. The Hall–Kier alpha value is -0.260. The van der Waals surface area contributed by atoms with Crippen molar-refractivity contribution >= 4 is 0 Å². The predicted octanol–water partition coefficient (Wildman–Crippen LogP) is 4.23. The lowest BCUT2D eigenvalue weighted by molar-refractivity contribution is 0.123. The van der Waals surface area contributed by atoms with Crippen LogP contribution in [0.5, 0.6) is 0 Å². The summed E-state index contributed by atoms with van der Waals surface area (Å²) in [6, 6.07) is 0. The van der Waals surface area contributed by atoms with Crippen LogP contribution in [0.4, 0.5) is 0 Å². The van der Waals surface area contributed by atoms with E-state index in [9.17, 15) is 0 Å². The molecule has 0 bridgehead atoms. The van der Waals surface area contributed by atoms with Crippen molar-refractivity contribution in [2.75, 3.05) is 0 Å². The highest BCUT2D eigenvalue weighted by Gasteiger charge is 2.34. The van der Waals surface area contributed by atoms with Gasteiger partial charge in [-0.2, -0.15) is 0 Å². The molecule has 0 amide bonds. The highest BCUT2D eigenvalue weighted by Crippen LogP contribution is 2.44. The van der Waals surface area contributed by atoms with Crippen LogP contribution in [0.1, 0.15) is 47.0 Å². The van der Waals surface area contributed by atoms with E-state index in [0.717, 1.165) is 11.8 Å².